The van der Waals surface area contributed by atoms with Crippen molar-refractivity contribution in [2.45, 2.75) is 12.8 Å². The van der Waals surface area contributed by atoms with Gasteiger partial charge in [-0.1, -0.05) is 6.07 Å². The number of nitrogens with one attached hydrogen (secondary N) is 1. The molecule has 114 valence electrons. The molecule has 0 atom stereocenters. The SMILES string of the molecule is O=C(NCC(=O)N1CCCC1)c1cnc2ccccn2c1=O. The Balaban J connectivity index is 1.73. The van der Waals surface area contributed by atoms with Crippen molar-refractivity contribution in [2.24, 2.45) is 0 Å². The number of likely N-dealkylation sites (tertiary alicyclic amines) is 1. The fraction of sp³-hybridized carbons (Fsp3) is 0.333. The third-order valence-electron chi connectivity index (χ3n) is 3.72. The molecule has 7 nitrogen and oxygen atoms in total. The molecule has 2 aromatic heterocycles. The van der Waals surface area contributed by atoms with Crippen LogP contribution in [0.25, 0.3) is 5.65 Å². The topological polar surface area (TPSA) is 83.8 Å². The molecule has 0 spiro atoms. The monoisotopic (exact) mass is 300 g/mol. The first-order valence-electron chi connectivity index (χ1n) is 7.19. The molecule has 1 aliphatic heterocycles. The Labute approximate surface area is 126 Å². The highest BCUT2D eigenvalue weighted by Crippen LogP contribution is 2.06. The highest BCUT2D eigenvalue weighted by molar-refractivity contribution is 5.96. The van der Waals surface area contributed by atoms with Crippen molar-refractivity contribution in [3.63, 3.8) is 0 Å². The van der Waals surface area contributed by atoms with E-state index in [4.69, 9.17) is 0 Å². The summed E-state index contributed by atoms with van der Waals surface area (Å²) in [4.78, 5) is 42.0. The van der Waals surface area contributed by atoms with Gasteiger partial charge in [-0.3, -0.25) is 18.8 Å². The Morgan fingerprint density at radius 1 is 1.23 bits per heavy atom. The largest absolute Gasteiger partial charge is 0.343 e. The standard InChI is InChI=1S/C15H16N4O3/c20-13(18-6-3-4-7-18)10-17-14(21)11-9-16-12-5-1-2-8-19(12)15(11)22/h1-2,5,8-9H,3-4,6-7,10H2,(H,17,21). The fourth-order valence-corrected chi connectivity index (χ4v) is 2.51. The molecule has 7 heteroatoms. The lowest BCUT2D eigenvalue weighted by Gasteiger charge is -2.15. The number of rotatable bonds is 3. The van der Waals surface area contributed by atoms with Crippen LogP contribution in [-0.2, 0) is 4.79 Å². The molecule has 2 aromatic rings. The highest BCUT2D eigenvalue weighted by atomic mass is 16.2. The van der Waals surface area contributed by atoms with Gasteiger partial charge >= 0.3 is 0 Å². The van der Waals surface area contributed by atoms with Gasteiger partial charge in [-0.25, -0.2) is 4.98 Å². The predicted molar refractivity (Wildman–Crippen MR) is 79.6 cm³/mol. The van der Waals surface area contributed by atoms with Gasteiger partial charge in [0.25, 0.3) is 11.5 Å². The Kier molecular flexibility index (Phi) is 3.86. The maximum absolute atomic E-state index is 12.2. The summed E-state index contributed by atoms with van der Waals surface area (Å²) in [7, 11) is 0. The van der Waals surface area contributed by atoms with E-state index in [1.54, 1.807) is 29.3 Å². The summed E-state index contributed by atoms with van der Waals surface area (Å²) in [5.41, 5.74) is -0.0492. The molecule has 0 saturated carbocycles. The van der Waals surface area contributed by atoms with Gasteiger partial charge in [0.05, 0.1) is 6.54 Å². The lowest BCUT2D eigenvalue weighted by molar-refractivity contribution is -0.129. The van der Waals surface area contributed by atoms with Crippen LogP contribution in [0, 0.1) is 0 Å². The van der Waals surface area contributed by atoms with Gasteiger partial charge in [0.2, 0.25) is 5.91 Å². The molecule has 1 aliphatic rings. The van der Waals surface area contributed by atoms with Gasteiger partial charge in [-0.15, -0.1) is 0 Å². The highest BCUT2D eigenvalue weighted by Gasteiger charge is 2.19. The Morgan fingerprint density at radius 3 is 2.77 bits per heavy atom. The van der Waals surface area contributed by atoms with Crippen molar-refractivity contribution in [3.05, 3.63) is 46.5 Å². The zero-order chi connectivity index (χ0) is 15.5. The van der Waals surface area contributed by atoms with Gasteiger partial charge in [-0.2, -0.15) is 0 Å². The smallest absolute Gasteiger partial charge is 0.270 e. The maximum atomic E-state index is 12.2. The lowest BCUT2D eigenvalue weighted by Crippen LogP contribution is -2.40. The van der Waals surface area contributed by atoms with Crippen molar-refractivity contribution < 1.29 is 9.59 Å². The summed E-state index contributed by atoms with van der Waals surface area (Å²) >= 11 is 0. The van der Waals surface area contributed by atoms with Gasteiger partial charge in [0, 0.05) is 25.5 Å². The van der Waals surface area contributed by atoms with E-state index >= 15 is 0 Å². The first-order chi connectivity index (χ1) is 10.7. The third kappa shape index (κ3) is 2.69. The zero-order valence-electron chi connectivity index (χ0n) is 12.0. The van der Waals surface area contributed by atoms with Crippen LogP contribution in [0.4, 0.5) is 0 Å². The quantitative estimate of drug-likeness (QED) is 0.868. The maximum Gasteiger partial charge on any atom is 0.270 e. The molecule has 0 radical (unpaired) electrons. The van der Waals surface area contributed by atoms with E-state index in [9.17, 15) is 14.4 Å². The molecular weight excluding hydrogens is 284 g/mol. The van der Waals surface area contributed by atoms with E-state index in [2.05, 4.69) is 10.3 Å². The number of fused-ring (bicyclic) bond motifs is 1. The molecule has 0 unspecified atom stereocenters. The number of hydrogen-bond acceptors (Lipinski definition) is 4. The molecule has 0 bridgehead atoms. The van der Waals surface area contributed by atoms with E-state index in [0.717, 1.165) is 25.9 Å². The van der Waals surface area contributed by atoms with Crippen LogP contribution in [0.1, 0.15) is 23.2 Å². The molecule has 3 heterocycles. The van der Waals surface area contributed by atoms with Crippen LogP contribution < -0.4 is 10.9 Å². The Bertz CT molecular complexity index is 778. The van der Waals surface area contributed by atoms with Crippen molar-refractivity contribution in [1.29, 1.82) is 0 Å². The molecule has 1 fully saturated rings. The van der Waals surface area contributed by atoms with Gasteiger partial charge in [0.15, 0.2) is 0 Å². The van der Waals surface area contributed by atoms with Gasteiger partial charge in [-0.05, 0) is 25.0 Å². The second-order valence-electron chi connectivity index (χ2n) is 5.18. The lowest BCUT2D eigenvalue weighted by atomic mass is 10.3. The average molecular weight is 300 g/mol. The summed E-state index contributed by atoms with van der Waals surface area (Å²) in [6.45, 7) is 1.36. The van der Waals surface area contributed by atoms with E-state index in [1.165, 1.54) is 10.6 Å². The fourth-order valence-electron chi connectivity index (χ4n) is 2.51. The molecule has 3 rings (SSSR count). The summed E-state index contributed by atoms with van der Waals surface area (Å²) in [5, 5.41) is 2.50. The van der Waals surface area contributed by atoms with Crippen LogP contribution in [-0.4, -0.2) is 45.7 Å². The third-order valence-corrected chi connectivity index (χ3v) is 3.72. The van der Waals surface area contributed by atoms with Crippen LogP contribution >= 0.6 is 0 Å². The van der Waals surface area contributed by atoms with Crippen molar-refractivity contribution in [2.75, 3.05) is 19.6 Å². The van der Waals surface area contributed by atoms with Crippen LogP contribution in [0.3, 0.4) is 0 Å². The minimum absolute atomic E-state index is 0.0714. The van der Waals surface area contributed by atoms with Crippen molar-refractivity contribution in [3.8, 4) is 0 Å². The number of amides is 2. The minimum atomic E-state index is -0.580. The second kappa shape index (κ2) is 5.97. The molecule has 22 heavy (non-hydrogen) atoms. The van der Waals surface area contributed by atoms with E-state index in [-0.39, 0.29) is 18.0 Å². The second-order valence-corrected chi connectivity index (χ2v) is 5.18. The summed E-state index contributed by atoms with van der Waals surface area (Å²) in [6, 6.07) is 5.13. The van der Waals surface area contributed by atoms with Crippen LogP contribution in [0.5, 0.6) is 0 Å². The Morgan fingerprint density at radius 2 is 2.00 bits per heavy atom. The summed E-state index contributed by atoms with van der Waals surface area (Å²) < 4.78 is 1.30. The molecule has 1 saturated heterocycles. The average Bonchev–Trinajstić information content (AvgIpc) is 3.07. The number of carbonyl (C=O) groups is 2. The Hall–Kier alpha value is -2.70. The minimum Gasteiger partial charge on any atom is -0.343 e. The van der Waals surface area contributed by atoms with E-state index in [0.29, 0.717) is 5.65 Å². The first kappa shape index (κ1) is 14.2. The number of nitrogens with zero attached hydrogens (tertiary/aromatic N) is 3. The number of pyridine rings is 1. The summed E-state index contributed by atoms with van der Waals surface area (Å²) in [6.07, 6.45) is 4.79. The predicted octanol–water partition coefficient (Wildman–Crippen LogP) is 0.0467. The van der Waals surface area contributed by atoms with Gasteiger partial charge in [0.1, 0.15) is 11.2 Å². The molecule has 1 N–H and O–H groups in total. The number of aromatic nitrogens is 2. The van der Waals surface area contributed by atoms with E-state index < -0.39 is 11.5 Å². The molecule has 0 aliphatic carbocycles. The molecule has 0 aromatic carbocycles. The van der Waals surface area contributed by atoms with Crippen LogP contribution in [0.15, 0.2) is 35.4 Å². The van der Waals surface area contributed by atoms with Crippen molar-refractivity contribution in [1.82, 2.24) is 19.6 Å². The van der Waals surface area contributed by atoms with Gasteiger partial charge < -0.3 is 10.2 Å². The number of carbonyl (C=O) groups excluding carboxylic acids is 2. The van der Waals surface area contributed by atoms with E-state index in [1.807, 2.05) is 0 Å². The normalized spacial score (nSPS) is 14.3. The first-order valence-corrected chi connectivity index (χ1v) is 7.19. The van der Waals surface area contributed by atoms with Crippen molar-refractivity contribution >= 4 is 17.5 Å². The van der Waals surface area contributed by atoms with Crippen LogP contribution in [0.2, 0.25) is 0 Å². The molecular formula is C15H16N4O3. The zero-order valence-corrected chi connectivity index (χ0v) is 12.0. The summed E-state index contributed by atoms with van der Waals surface area (Å²) in [5.74, 6) is -0.706. The number of hydrogen-bond donors (Lipinski definition) is 1. The molecule has 2 amide bonds.